The number of halogens is 3. The summed E-state index contributed by atoms with van der Waals surface area (Å²) in [5, 5.41) is 15.4. The standard InChI is InChI=1S/C30H31F3N6O5/c31-30(32,33)24-16-36-28(38-26(24)23-15-35-25-14-20(27(40)41)6-7-22(23)25)37-21-8-10-39(17-21)11-13-43-12-9-34-29(42)44-18-19-4-2-1-3-5-19/h1-7,14-16,21,35H,8-13,17-18H2,(H,34,42)(H,40,41)(H,36,37,38). The molecule has 232 valence electrons. The van der Waals surface area contributed by atoms with Gasteiger partial charge in [-0.2, -0.15) is 13.2 Å². The Bertz CT molecular complexity index is 1600. The van der Waals surface area contributed by atoms with Crippen LogP contribution in [-0.4, -0.2) is 82.5 Å². The summed E-state index contributed by atoms with van der Waals surface area (Å²) in [4.78, 5) is 36.3. The van der Waals surface area contributed by atoms with Gasteiger partial charge in [-0.05, 0) is 24.1 Å². The molecule has 1 unspecified atom stereocenters. The molecule has 1 fully saturated rings. The van der Waals surface area contributed by atoms with Crippen molar-refractivity contribution in [3.63, 3.8) is 0 Å². The summed E-state index contributed by atoms with van der Waals surface area (Å²) in [6.45, 7) is 3.29. The zero-order chi connectivity index (χ0) is 31.1. The molecule has 2 aromatic carbocycles. The Balaban J connectivity index is 1.10. The largest absolute Gasteiger partial charge is 0.478 e. The summed E-state index contributed by atoms with van der Waals surface area (Å²) in [5.41, 5.74) is 0.196. The number of aromatic amines is 1. The van der Waals surface area contributed by atoms with Gasteiger partial charge in [-0.25, -0.2) is 19.6 Å². The van der Waals surface area contributed by atoms with Crippen molar-refractivity contribution in [3.8, 4) is 11.3 Å². The quantitative estimate of drug-likeness (QED) is 0.167. The maximum absolute atomic E-state index is 13.9. The summed E-state index contributed by atoms with van der Waals surface area (Å²) >= 11 is 0. The number of aromatic nitrogens is 3. The number of carbonyl (C=O) groups excluding carboxylic acids is 1. The molecule has 1 saturated heterocycles. The fourth-order valence-corrected chi connectivity index (χ4v) is 4.95. The number of aromatic carboxylic acids is 1. The number of hydrogen-bond donors (Lipinski definition) is 4. The summed E-state index contributed by atoms with van der Waals surface area (Å²) in [6, 6.07) is 13.5. The highest BCUT2D eigenvalue weighted by molar-refractivity contribution is 5.99. The second-order valence-corrected chi connectivity index (χ2v) is 10.3. The van der Waals surface area contributed by atoms with E-state index < -0.39 is 23.8 Å². The van der Waals surface area contributed by atoms with E-state index >= 15 is 0 Å². The lowest BCUT2D eigenvalue weighted by Gasteiger charge is -2.18. The minimum absolute atomic E-state index is 0.0130. The number of carboxylic acid groups (broad SMARTS) is 1. The van der Waals surface area contributed by atoms with Gasteiger partial charge >= 0.3 is 18.2 Å². The fourth-order valence-electron chi connectivity index (χ4n) is 4.95. The average molecular weight is 613 g/mol. The minimum Gasteiger partial charge on any atom is -0.478 e. The monoisotopic (exact) mass is 612 g/mol. The first-order chi connectivity index (χ1) is 21.2. The van der Waals surface area contributed by atoms with Gasteiger partial charge in [0.2, 0.25) is 5.95 Å². The number of nitrogens with one attached hydrogen (secondary N) is 3. The molecule has 2 aromatic heterocycles. The SMILES string of the molecule is O=C(NCCOCCN1CCC(Nc2ncc(C(F)(F)F)c(-c3c[nH]c4cc(C(=O)O)ccc34)n2)C1)OCc1ccccc1. The first kappa shape index (κ1) is 30.8. The molecular weight excluding hydrogens is 581 g/mol. The molecule has 1 atom stereocenters. The topological polar surface area (TPSA) is 142 Å². The van der Waals surface area contributed by atoms with Gasteiger partial charge in [-0.15, -0.1) is 0 Å². The van der Waals surface area contributed by atoms with Crippen LogP contribution in [-0.2, 0) is 22.3 Å². The lowest BCUT2D eigenvalue weighted by atomic mass is 10.0. The van der Waals surface area contributed by atoms with E-state index in [1.54, 1.807) is 0 Å². The molecule has 1 amide bonds. The van der Waals surface area contributed by atoms with E-state index in [1.807, 2.05) is 30.3 Å². The number of rotatable bonds is 12. The number of alkyl carbamates (subject to hydrolysis) is 1. The molecule has 0 aliphatic carbocycles. The van der Waals surface area contributed by atoms with Gasteiger partial charge in [0.25, 0.3) is 0 Å². The lowest BCUT2D eigenvalue weighted by molar-refractivity contribution is -0.137. The molecule has 14 heteroatoms. The van der Waals surface area contributed by atoms with Crippen molar-refractivity contribution < 1.29 is 37.3 Å². The van der Waals surface area contributed by atoms with E-state index in [2.05, 4.69) is 30.5 Å². The number of ether oxygens (including phenoxy) is 2. The molecule has 11 nitrogen and oxygen atoms in total. The van der Waals surface area contributed by atoms with Crippen LogP contribution in [0.4, 0.5) is 23.9 Å². The first-order valence-corrected chi connectivity index (χ1v) is 14.0. The molecule has 0 bridgehead atoms. The predicted octanol–water partition coefficient (Wildman–Crippen LogP) is 4.77. The summed E-state index contributed by atoms with van der Waals surface area (Å²) in [6.07, 6.45) is -2.32. The Morgan fingerprint density at radius 1 is 1.14 bits per heavy atom. The van der Waals surface area contributed by atoms with Crippen LogP contribution in [0.15, 0.2) is 60.9 Å². The summed E-state index contributed by atoms with van der Waals surface area (Å²) in [5.74, 6) is -1.07. The van der Waals surface area contributed by atoms with Crippen molar-refractivity contribution in [2.45, 2.75) is 25.2 Å². The van der Waals surface area contributed by atoms with Crippen molar-refractivity contribution in [2.24, 2.45) is 0 Å². The second-order valence-electron chi connectivity index (χ2n) is 10.3. The molecule has 4 N–H and O–H groups in total. The van der Waals surface area contributed by atoms with Gasteiger partial charge in [0, 0.05) is 61.1 Å². The second kappa shape index (κ2) is 13.7. The summed E-state index contributed by atoms with van der Waals surface area (Å²) in [7, 11) is 0. The summed E-state index contributed by atoms with van der Waals surface area (Å²) < 4.78 is 52.5. The van der Waals surface area contributed by atoms with Crippen molar-refractivity contribution in [2.75, 3.05) is 44.7 Å². The number of carboxylic acids is 1. The number of H-pyrrole nitrogens is 1. The number of alkyl halides is 3. The lowest BCUT2D eigenvalue weighted by Crippen LogP contribution is -2.31. The van der Waals surface area contributed by atoms with Crippen LogP contribution in [0.2, 0.25) is 0 Å². The minimum atomic E-state index is -4.69. The van der Waals surface area contributed by atoms with Crippen LogP contribution < -0.4 is 10.6 Å². The normalized spacial score (nSPS) is 15.4. The van der Waals surface area contributed by atoms with Crippen LogP contribution in [0.1, 0.15) is 27.9 Å². The molecule has 5 rings (SSSR count). The van der Waals surface area contributed by atoms with Crippen LogP contribution in [0.3, 0.4) is 0 Å². The van der Waals surface area contributed by atoms with Gasteiger partial charge in [-0.3, -0.25) is 4.90 Å². The van der Waals surface area contributed by atoms with E-state index in [1.165, 1.54) is 24.4 Å². The zero-order valence-corrected chi connectivity index (χ0v) is 23.6. The highest BCUT2D eigenvalue weighted by Gasteiger charge is 2.36. The van der Waals surface area contributed by atoms with Gasteiger partial charge in [0.15, 0.2) is 0 Å². The maximum Gasteiger partial charge on any atom is 0.419 e. The van der Waals surface area contributed by atoms with E-state index in [0.717, 1.165) is 24.7 Å². The Morgan fingerprint density at radius 2 is 1.95 bits per heavy atom. The molecule has 3 heterocycles. The van der Waals surface area contributed by atoms with Crippen LogP contribution in [0.25, 0.3) is 22.2 Å². The van der Waals surface area contributed by atoms with Gasteiger partial charge in [0.05, 0.1) is 24.5 Å². The van der Waals surface area contributed by atoms with Crippen molar-refractivity contribution in [1.82, 2.24) is 25.2 Å². The molecule has 0 radical (unpaired) electrons. The Kier molecular flexibility index (Phi) is 9.60. The zero-order valence-electron chi connectivity index (χ0n) is 23.6. The average Bonchev–Trinajstić information content (AvgIpc) is 3.64. The number of carbonyl (C=O) groups is 2. The number of likely N-dealkylation sites (tertiary alicyclic amines) is 1. The molecular formula is C30H31F3N6O5. The number of amides is 1. The Labute approximate surface area is 250 Å². The fraction of sp³-hybridized carbons (Fsp3) is 0.333. The highest BCUT2D eigenvalue weighted by atomic mass is 19.4. The van der Waals surface area contributed by atoms with Crippen LogP contribution >= 0.6 is 0 Å². The third kappa shape index (κ3) is 7.82. The van der Waals surface area contributed by atoms with Crippen molar-refractivity contribution >= 4 is 28.9 Å². The molecule has 44 heavy (non-hydrogen) atoms. The molecule has 1 aliphatic rings. The Hall–Kier alpha value is -4.69. The van der Waals surface area contributed by atoms with Gasteiger partial charge in [-0.1, -0.05) is 36.4 Å². The van der Waals surface area contributed by atoms with E-state index in [4.69, 9.17) is 9.47 Å². The number of hydrogen-bond acceptors (Lipinski definition) is 8. The van der Waals surface area contributed by atoms with E-state index in [0.29, 0.717) is 43.8 Å². The third-order valence-electron chi connectivity index (χ3n) is 7.16. The van der Waals surface area contributed by atoms with Crippen molar-refractivity contribution in [3.05, 3.63) is 77.6 Å². The predicted molar refractivity (Wildman–Crippen MR) is 155 cm³/mol. The number of fused-ring (bicyclic) bond motifs is 1. The molecule has 1 aliphatic heterocycles. The number of benzene rings is 2. The molecule has 4 aromatic rings. The van der Waals surface area contributed by atoms with Crippen molar-refractivity contribution in [1.29, 1.82) is 0 Å². The van der Waals surface area contributed by atoms with E-state index in [-0.39, 0.29) is 35.4 Å². The van der Waals surface area contributed by atoms with Crippen LogP contribution in [0, 0.1) is 0 Å². The highest BCUT2D eigenvalue weighted by Crippen LogP contribution is 2.39. The molecule has 0 spiro atoms. The first-order valence-electron chi connectivity index (χ1n) is 14.0. The number of anilines is 1. The van der Waals surface area contributed by atoms with Crippen LogP contribution in [0.5, 0.6) is 0 Å². The Morgan fingerprint density at radius 3 is 2.73 bits per heavy atom. The molecule has 0 saturated carbocycles. The van der Waals surface area contributed by atoms with Gasteiger partial charge in [0.1, 0.15) is 12.2 Å². The van der Waals surface area contributed by atoms with E-state index in [9.17, 15) is 27.9 Å². The smallest absolute Gasteiger partial charge is 0.419 e. The maximum atomic E-state index is 13.9. The number of nitrogens with zero attached hydrogens (tertiary/aromatic N) is 3. The van der Waals surface area contributed by atoms with Gasteiger partial charge < -0.3 is 30.2 Å². The third-order valence-corrected chi connectivity index (χ3v) is 7.16.